The molecule has 0 aromatic heterocycles. The molecule has 2 aromatic carbocycles. The number of benzene rings is 2. The van der Waals surface area contributed by atoms with E-state index in [1.165, 1.54) is 29.5 Å². The van der Waals surface area contributed by atoms with Crippen LogP contribution in [-0.4, -0.2) is 35.7 Å². The number of likely N-dealkylation sites (tertiary alicyclic amines) is 1. The van der Waals surface area contributed by atoms with Crippen molar-refractivity contribution in [2.24, 2.45) is 0 Å². The lowest BCUT2D eigenvalue weighted by molar-refractivity contribution is 0.164. The van der Waals surface area contributed by atoms with Gasteiger partial charge in [-0.25, -0.2) is 0 Å². The molecule has 3 heteroatoms. The van der Waals surface area contributed by atoms with Crippen LogP contribution in [0.15, 0.2) is 48.5 Å². The zero-order valence-electron chi connectivity index (χ0n) is 14.3. The minimum atomic E-state index is -0.294. The summed E-state index contributed by atoms with van der Waals surface area (Å²) in [6, 6.07) is 16.6. The van der Waals surface area contributed by atoms with E-state index >= 15 is 0 Å². The standard InChI is InChI=1S/C21H26ClNO/c1-2-3-11-23-14-20(21(24)15-23)19-10-9-18(22)13-17(19)12-16-7-5-4-6-8-16/h4-10,13,20-21,24H,2-3,11-12,14-15H2,1H3. The van der Waals surface area contributed by atoms with Crippen molar-refractivity contribution in [2.75, 3.05) is 19.6 Å². The Morgan fingerprint density at radius 3 is 2.67 bits per heavy atom. The summed E-state index contributed by atoms with van der Waals surface area (Å²) in [6.07, 6.45) is 2.95. The molecule has 2 atom stereocenters. The van der Waals surface area contributed by atoms with Crippen molar-refractivity contribution in [1.29, 1.82) is 0 Å². The van der Waals surface area contributed by atoms with E-state index in [2.05, 4.69) is 48.2 Å². The van der Waals surface area contributed by atoms with Crippen molar-refractivity contribution >= 4 is 11.6 Å². The summed E-state index contributed by atoms with van der Waals surface area (Å²) >= 11 is 6.25. The van der Waals surface area contributed by atoms with Gasteiger partial charge in [0.2, 0.25) is 0 Å². The Morgan fingerprint density at radius 1 is 1.12 bits per heavy atom. The molecule has 0 bridgehead atoms. The summed E-state index contributed by atoms with van der Waals surface area (Å²) in [7, 11) is 0. The molecule has 24 heavy (non-hydrogen) atoms. The van der Waals surface area contributed by atoms with Crippen molar-refractivity contribution in [1.82, 2.24) is 4.90 Å². The lowest BCUT2D eigenvalue weighted by Crippen LogP contribution is -2.22. The van der Waals surface area contributed by atoms with E-state index < -0.39 is 0 Å². The first-order chi connectivity index (χ1) is 11.7. The molecule has 1 aliphatic rings. The molecule has 1 fully saturated rings. The molecule has 2 unspecified atom stereocenters. The van der Waals surface area contributed by atoms with Gasteiger partial charge < -0.3 is 10.0 Å². The van der Waals surface area contributed by atoms with Gasteiger partial charge in [-0.15, -0.1) is 0 Å². The van der Waals surface area contributed by atoms with Gasteiger partial charge in [0.05, 0.1) is 6.10 Å². The molecule has 0 amide bonds. The maximum atomic E-state index is 10.6. The molecular weight excluding hydrogens is 318 g/mol. The number of hydrogen-bond donors (Lipinski definition) is 1. The summed E-state index contributed by atoms with van der Waals surface area (Å²) in [5.74, 6) is 0.179. The normalized spacial score (nSPS) is 21.3. The van der Waals surface area contributed by atoms with Gasteiger partial charge >= 0.3 is 0 Å². The number of unbranched alkanes of at least 4 members (excludes halogenated alkanes) is 1. The van der Waals surface area contributed by atoms with Gasteiger partial charge in [-0.3, -0.25) is 0 Å². The molecule has 0 saturated carbocycles. The average Bonchev–Trinajstić information content (AvgIpc) is 2.95. The second-order valence-electron chi connectivity index (χ2n) is 6.79. The largest absolute Gasteiger partial charge is 0.391 e. The first-order valence-corrected chi connectivity index (χ1v) is 9.28. The molecule has 1 N–H and O–H groups in total. The van der Waals surface area contributed by atoms with Gasteiger partial charge in [-0.1, -0.05) is 61.3 Å². The van der Waals surface area contributed by atoms with Gasteiger partial charge in [0.25, 0.3) is 0 Å². The number of aliphatic hydroxyl groups excluding tert-OH is 1. The summed E-state index contributed by atoms with van der Waals surface area (Å²) in [6.45, 7) is 5.00. The van der Waals surface area contributed by atoms with E-state index in [0.717, 1.165) is 31.1 Å². The Morgan fingerprint density at radius 2 is 1.92 bits per heavy atom. The maximum Gasteiger partial charge on any atom is 0.0747 e. The highest BCUT2D eigenvalue weighted by Gasteiger charge is 2.33. The van der Waals surface area contributed by atoms with Crippen LogP contribution in [0, 0.1) is 0 Å². The minimum Gasteiger partial charge on any atom is -0.391 e. The molecule has 3 rings (SSSR count). The summed E-state index contributed by atoms with van der Waals surface area (Å²) in [5.41, 5.74) is 3.75. The Balaban J connectivity index is 1.82. The van der Waals surface area contributed by atoms with Crippen LogP contribution in [0.3, 0.4) is 0 Å². The SMILES string of the molecule is CCCCN1CC(O)C(c2ccc(Cl)cc2Cc2ccccc2)C1. The van der Waals surface area contributed by atoms with E-state index in [4.69, 9.17) is 11.6 Å². The first-order valence-electron chi connectivity index (χ1n) is 8.90. The zero-order chi connectivity index (χ0) is 16.9. The average molecular weight is 344 g/mol. The van der Waals surface area contributed by atoms with E-state index in [0.29, 0.717) is 0 Å². The van der Waals surface area contributed by atoms with Crippen molar-refractivity contribution < 1.29 is 5.11 Å². The van der Waals surface area contributed by atoms with Gasteiger partial charge in [-0.2, -0.15) is 0 Å². The van der Waals surface area contributed by atoms with Crippen molar-refractivity contribution in [3.8, 4) is 0 Å². The number of aliphatic hydroxyl groups is 1. The fraction of sp³-hybridized carbons (Fsp3) is 0.429. The van der Waals surface area contributed by atoms with E-state index in [1.807, 2.05) is 12.1 Å². The smallest absolute Gasteiger partial charge is 0.0747 e. The summed E-state index contributed by atoms with van der Waals surface area (Å²) < 4.78 is 0. The van der Waals surface area contributed by atoms with Crippen molar-refractivity contribution in [3.63, 3.8) is 0 Å². The highest BCUT2D eigenvalue weighted by molar-refractivity contribution is 6.30. The molecule has 128 valence electrons. The summed E-state index contributed by atoms with van der Waals surface area (Å²) in [5, 5.41) is 11.4. The van der Waals surface area contributed by atoms with Gasteiger partial charge in [-0.05, 0) is 48.2 Å². The number of rotatable bonds is 6. The quantitative estimate of drug-likeness (QED) is 0.835. The van der Waals surface area contributed by atoms with Crippen molar-refractivity contribution in [3.05, 3.63) is 70.2 Å². The van der Waals surface area contributed by atoms with E-state index in [1.54, 1.807) is 0 Å². The maximum absolute atomic E-state index is 10.6. The highest BCUT2D eigenvalue weighted by atomic mass is 35.5. The predicted molar refractivity (Wildman–Crippen MR) is 101 cm³/mol. The minimum absolute atomic E-state index is 0.179. The molecule has 2 aromatic rings. The van der Waals surface area contributed by atoms with Crippen molar-refractivity contribution in [2.45, 2.75) is 38.2 Å². The van der Waals surface area contributed by atoms with Gasteiger partial charge in [0.1, 0.15) is 0 Å². The summed E-state index contributed by atoms with van der Waals surface area (Å²) in [4.78, 5) is 2.39. The molecule has 0 spiro atoms. The van der Waals surface area contributed by atoms with Gasteiger partial charge in [0.15, 0.2) is 0 Å². The highest BCUT2D eigenvalue weighted by Crippen LogP contribution is 2.32. The molecule has 1 saturated heterocycles. The number of β-amino-alcohol motifs (C(OH)–C–C–N with tert-alkyl or cyclic N) is 1. The molecule has 0 aliphatic carbocycles. The van der Waals surface area contributed by atoms with Crippen LogP contribution >= 0.6 is 11.6 Å². The lowest BCUT2D eigenvalue weighted by atomic mass is 9.89. The number of halogens is 1. The molecule has 1 aliphatic heterocycles. The fourth-order valence-corrected chi connectivity index (χ4v) is 3.84. The monoisotopic (exact) mass is 343 g/mol. The molecule has 1 heterocycles. The van der Waals surface area contributed by atoms with E-state index in [9.17, 15) is 5.11 Å². The van der Waals surface area contributed by atoms with Gasteiger partial charge in [0, 0.05) is 24.0 Å². The molecule has 2 nitrogen and oxygen atoms in total. The number of nitrogens with zero attached hydrogens (tertiary/aromatic N) is 1. The van der Waals surface area contributed by atoms with Crippen LogP contribution in [0.25, 0.3) is 0 Å². The fourth-order valence-electron chi connectivity index (χ4n) is 3.64. The Hall–Kier alpha value is -1.35. The van der Waals surface area contributed by atoms with Crippen LogP contribution in [0.4, 0.5) is 0 Å². The Labute approximate surface area is 150 Å². The third kappa shape index (κ3) is 4.18. The van der Waals surface area contributed by atoms with E-state index in [-0.39, 0.29) is 12.0 Å². The van der Waals surface area contributed by atoms with Crippen LogP contribution < -0.4 is 0 Å². The first kappa shape index (κ1) is 17.5. The third-order valence-corrected chi connectivity index (χ3v) is 5.17. The molecule has 0 radical (unpaired) electrons. The second kappa shape index (κ2) is 8.15. The lowest BCUT2D eigenvalue weighted by Gasteiger charge is -2.19. The third-order valence-electron chi connectivity index (χ3n) is 4.93. The Kier molecular flexibility index (Phi) is 5.94. The number of hydrogen-bond acceptors (Lipinski definition) is 2. The second-order valence-corrected chi connectivity index (χ2v) is 7.23. The molecular formula is C21H26ClNO. The Bertz CT molecular complexity index is 658. The zero-order valence-corrected chi connectivity index (χ0v) is 15.0. The topological polar surface area (TPSA) is 23.5 Å². The van der Waals surface area contributed by atoms with Crippen LogP contribution in [0.5, 0.6) is 0 Å². The van der Waals surface area contributed by atoms with Crippen LogP contribution in [0.2, 0.25) is 5.02 Å². The van der Waals surface area contributed by atoms with Crippen LogP contribution in [-0.2, 0) is 6.42 Å². The predicted octanol–water partition coefficient (Wildman–Crippen LogP) is 4.49. The van der Waals surface area contributed by atoms with Crippen LogP contribution in [0.1, 0.15) is 42.4 Å².